The van der Waals surface area contributed by atoms with Crippen molar-refractivity contribution in [3.8, 4) is 0 Å². The van der Waals surface area contributed by atoms with Gasteiger partial charge in [0.25, 0.3) is 5.91 Å². The van der Waals surface area contributed by atoms with Crippen LogP contribution in [0.2, 0.25) is 0 Å². The second-order valence-corrected chi connectivity index (χ2v) is 6.34. The topological polar surface area (TPSA) is 69.6 Å². The first kappa shape index (κ1) is 16.5. The van der Waals surface area contributed by atoms with Crippen molar-refractivity contribution >= 4 is 11.9 Å². The first-order valence-electron chi connectivity index (χ1n) is 7.72. The summed E-state index contributed by atoms with van der Waals surface area (Å²) >= 11 is 0. The minimum atomic E-state index is -1.10. The van der Waals surface area contributed by atoms with Gasteiger partial charge in [0.2, 0.25) is 0 Å². The highest BCUT2D eigenvalue weighted by Crippen LogP contribution is 2.28. The molecule has 1 saturated carbocycles. The van der Waals surface area contributed by atoms with Gasteiger partial charge in [0.05, 0.1) is 0 Å². The molecule has 0 atom stereocenters. The van der Waals surface area contributed by atoms with Gasteiger partial charge in [0, 0.05) is 12.1 Å². The summed E-state index contributed by atoms with van der Waals surface area (Å²) in [6.07, 6.45) is 3.73. The second-order valence-electron chi connectivity index (χ2n) is 6.34. The maximum absolute atomic E-state index is 12.4. The van der Waals surface area contributed by atoms with E-state index in [4.69, 9.17) is 0 Å². The molecule has 1 aromatic carbocycles. The Balaban J connectivity index is 2.08. The molecular weight excluding hydrogens is 280 g/mol. The summed E-state index contributed by atoms with van der Waals surface area (Å²) in [5, 5.41) is 12.3. The van der Waals surface area contributed by atoms with Crippen LogP contribution in [0.3, 0.4) is 0 Å². The van der Waals surface area contributed by atoms with Gasteiger partial charge in [-0.3, -0.25) is 4.79 Å². The average Bonchev–Trinajstić information content (AvgIpc) is 2.48. The molecule has 0 bridgehead atoms. The van der Waals surface area contributed by atoms with E-state index in [9.17, 15) is 14.7 Å². The lowest BCUT2D eigenvalue weighted by molar-refractivity contribution is -0.145. The molecule has 5 nitrogen and oxygen atoms in total. The molecular formula is C17H24N2O3. The number of hydrogen-bond donors (Lipinski definition) is 2. The molecule has 0 spiro atoms. The maximum atomic E-state index is 12.4. The Morgan fingerprint density at radius 1 is 1.14 bits per heavy atom. The van der Waals surface area contributed by atoms with E-state index in [1.807, 2.05) is 26.2 Å². The van der Waals surface area contributed by atoms with Gasteiger partial charge >= 0.3 is 5.97 Å². The van der Waals surface area contributed by atoms with Crippen LogP contribution in [0.4, 0.5) is 0 Å². The molecule has 0 saturated heterocycles. The van der Waals surface area contributed by atoms with E-state index >= 15 is 0 Å². The monoisotopic (exact) mass is 304 g/mol. The Morgan fingerprint density at radius 2 is 1.73 bits per heavy atom. The first-order chi connectivity index (χ1) is 10.4. The highest BCUT2D eigenvalue weighted by Gasteiger charge is 2.41. The number of aliphatic carboxylic acids is 1. The van der Waals surface area contributed by atoms with Crippen LogP contribution in [0.1, 0.15) is 48.0 Å². The van der Waals surface area contributed by atoms with Crippen molar-refractivity contribution < 1.29 is 14.7 Å². The summed E-state index contributed by atoms with van der Waals surface area (Å²) in [5.74, 6) is -1.23. The molecule has 1 aliphatic rings. The van der Waals surface area contributed by atoms with Gasteiger partial charge in [0.1, 0.15) is 5.54 Å². The molecule has 5 heteroatoms. The van der Waals surface area contributed by atoms with Crippen molar-refractivity contribution in [2.45, 2.75) is 44.2 Å². The minimum Gasteiger partial charge on any atom is -0.480 e. The number of nitrogens with one attached hydrogen (secondary N) is 1. The molecule has 0 heterocycles. The third-order valence-electron chi connectivity index (χ3n) is 4.18. The van der Waals surface area contributed by atoms with Crippen LogP contribution >= 0.6 is 0 Å². The smallest absolute Gasteiger partial charge is 0.329 e. The van der Waals surface area contributed by atoms with Gasteiger partial charge in [0.15, 0.2) is 0 Å². The zero-order valence-electron chi connectivity index (χ0n) is 13.3. The predicted molar refractivity (Wildman–Crippen MR) is 84.8 cm³/mol. The number of carboxylic acid groups (broad SMARTS) is 1. The molecule has 120 valence electrons. The Bertz CT molecular complexity index is 531. The average molecular weight is 304 g/mol. The van der Waals surface area contributed by atoms with Gasteiger partial charge < -0.3 is 15.3 Å². The van der Waals surface area contributed by atoms with E-state index in [0.717, 1.165) is 31.4 Å². The van der Waals surface area contributed by atoms with Gasteiger partial charge in [-0.2, -0.15) is 0 Å². The summed E-state index contributed by atoms with van der Waals surface area (Å²) < 4.78 is 0. The fraction of sp³-hybridized carbons (Fsp3) is 0.529. The fourth-order valence-electron chi connectivity index (χ4n) is 2.96. The number of benzene rings is 1. The number of rotatable bonds is 5. The lowest BCUT2D eigenvalue weighted by Gasteiger charge is -2.34. The van der Waals surface area contributed by atoms with Crippen LogP contribution in [-0.4, -0.2) is 41.5 Å². The molecule has 1 amide bonds. The zero-order chi connectivity index (χ0) is 16.2. The summed E-state index contributed by atoms with van der Waals surface area (Å²) in [6.45, 7) is 0.807. The SMILES string of the molecule is CN(C)Cc1ccc(C(=O)NC2(C(=O)O)CCCCC2)cc1. The quantitative estimate of drug-likeness (QED) is 0.875. The van der Waals surface area contributed by atoms with E-state index in [2.05, 4.69) is 10.2 Å². The second kappa shape index (κ2) is 6.92. The number of carbonyl (C=O) groups excluding carboxylic acids is 1. The molecule has 1 aromatic rings. The molecule has 0 aliphatic heterocycles. The van der Waals surface area contributed by atoms with Crippen LogP contribution in [-0.2, 0) is 11.3 Å². The van der Waals surface area contributed by atoms with E-state index in [1.165, 1.54) is 0 Å². The number of amides is 1. The van der Waals surface area contributed by atoms with Gasteiger partial charge in [-0.1, -0.05) is 31.4 Å². The van der Waals surface area contributed by atoms with Crippen molar-refractivity contribution in [1.82, 2.24) is 10.2 Å². The van der Waals surface area contributed by atoms with Crippen molar-refractivity contribution in [2.24, 2.45) is 0 Å². The minimum absolute atomic E-state index is 0.305. The highest BCUT2D eigenvalue weighted by atomic mass is 16.4. The summed E-state index contributed by atoms with van der Waals surface area (Å²) in [6, 6.07) is 7.32. The van der Waals surface area contributed by atoms with E-state index in [-0.39, 0.29) is 5.91 Å². The standard InChI is InChI=1S/C17H24N2O3/c1-19(2)12-13-6-8-14(9-7-13)15(20)18-17(16(21)22)10-4-3-5-11-17/h6-9H,3-5,10-12H2,1-2H3,(H,18,20)(H,21,22). The van der Waals surface area contributed by atoms with Crippen LogP contribution in [0.5, 0.6) is 0 Å². The van der Waals surface area contributed by atoms with Crippen LogP contribution in [0, 0.1) is 0 Å². The lowest BCUT2D eigenvalue weighted by Crippen LogP contribution is -2.55. The van der Waals surface area contributed by atoms with Gasteiger partial charge in [-0.25, -0.2) is 4.79 Å². The van der Waals surface area contributed by atoms with Crippen molar-refractivity contribution in [1.29, 1.82) is 0 Å². The molecule has 2 rings (SSSR count). The number of nitrogens with zero attached hydrogens (tertiary/aromatic N) is 1. The Hall–Kier alpha value is -1.88. The van der Waals surface area contributed by atoms with Gasteiger partial charge in [-0.05, 0) is 44.6 Å². The molecule has 0 aromatic heterocycles. The number of carboxylic acids is 1. The van der Waals surface area contributed by atoms with Crippen LogP contribution in [0.15, 0.2) is 24.3 Å². The normalized spacial score (nSPS) is 17.2. The Kier molecular flexibility index (Phi) is 5.19. The van der Waals surface area contributed by atoms with Crippen LogP contribution < -0.4 is 5.32 Å². The molecule has 2 N–H and O–H groups in total. The highest BCUT2D eigenvalue weighted by molar-refractivity contribution is 5.97. The van der Waals surface area contributed by atoms with Crippen molar-refractivity contribution in [2.75, 3.05) is 14.1 Å². The van der Waals surface area contributed by atoms with Crippen molar-refractivity contribution in [3.63, 3.8) is 0 Å². The van der Waals surface area contributed by atoms with Crippen LogP contribution in [0.25, 0.3) is 0 Å². The third-order valence-corrected chi connectivity index (χ3v) is 4.18. The molecule has 1 aliphatic carbocycles. The predicted octanol–water partition coefficient (Wildman–Crippen LogP) is 2.27. The lowest BCUT2D eigenvalue weighted by atomic mass is 9.81. The molecule has 0 radical (unpaired) electrons. The zero-order valence-corrected chi connectivity index (χ0v) is 13.3. The van der Waals surface area contributed by atoms with Crippen molar-refractivity contribution in [3.05, 3.63) is 35.4 Å². The summed E-state index contributed by atoms with van der Waals surface area (Å²) in [5.41, 5.74) is 0.526. The van der Waals surface area contributed by atoms with E-state index in [0.29, 0.717) is 18.4 Å². The number of carbonyl (C=O) groups is 2. The third kappa shape index (κ3) is 3.85. The first-order valence-corrected chi connectivity index (χ1v) is 7.72. The van der Waals surface area contributed by atoms with Gasteiger partial charge in [-0.15, -0.1) is 0 Å². The summed E-state index contributed by atoms with van der Waals surface area (Å²) in [4.78, 5) is 26.0. The Morgan fingerprint density at radius 3 is 2.23 bits per heavy atom. The van der Waals surface area contributed by atoms with E-state index in [1.54, 1.807) is 12.1 Å². The number of hydrogen-bond acceptors (Lipinski definition) is 3. The molecule has 0 unspecified atom stereocenters. The largest absolute Gasteiger partial charge is 0.480 e. The fourth-order valence-corrected chi connectivity index (χ4v) is 2.96. The van der Waals surface area contributed by atoms with E-state index < -0.39 is 11.5 Å². The maximum Gasteiger partial charge on any atom is 0.329 e. The Labute approximate surface area is 131 Å². The molecule has 1 fully saturated rings. The summed E-state index contributed by atoms with van der Waals surface area (Å²) in [7, 11) is 3.97. The molecule has 22 heavy (non-hydrogen) atoms.